The third-order valence-electron chi connectivity index (χ3n) is 7.92. The molecule has 0 saturated carbocycles. The summed E-state index contributed by atoms with van der Waals surface area (Å²) in [5.74, 6) is -0.581. The lowest BCUT2D eigenvalue weighted by Gasteiger charge is -2.39. The molecule has 1 fully saturated rings. The number of fused-ring (bicyclic) bond motifs is 2. The Hall–Kier alpha value is -3.52. The maximum absolute atomic E-state index is 13.7. The molecule has 3 heterocycles. The second-order valence-corrected chi connectivity index (χ2v) is 12.1. The minimum Gasteiger partial charge on any atom is -0.307 e. The molecule has 0 unspecified atom stereocenters. The van der Waals surface area contributed by atoms with E-state index in [0.29, 0.717) is 12.1 Å². The van der Waals surface area contributed by atoms with Crippen molar-refractivity contribution in [1.82, 2.24) is 9.88 Å². The number of pyridine rings is 1. The number of likely N-dealkylation sites (tertiary alicyclic amines) is 1. The van der Waals surface area contributed by atoms with E-state index in [2.05, 4.69) is 22.0 Å². The third kappa shape index (κ3) is 6.08. The van der Waals surface area contributed by atoms with E-state index in [9.17, 15) is 13.6 Å². The Labute approximate surface area is 247 Å². The topological polar surface area (TPSA) is 36.4 Å². The van der Waals surface area contributed by atoms with Crippen molar-refractivity contribution in [3.05, 3.63) is 125 Å². The first-order valence-corrected chi connectivity index (χ1v) is 14.7. The quantitative estimate of drug-likeness (QED) is 0.215. The molecule has 1 spiro atoms. The molecule has 2 aliphatic heterocycles. The van der Waals surface area contributed by atoms with Gasteiger partial charge < -0.3 is 4.90 Å². The largest absolute Gasteiger partial charge is 0.307 e. The van der Waals surface area contributed by atoms with Crippen molar-refractivity contribution in [3.8, 4) is 0 Å². The van der Waals surface area contributed by atoms with Gasteiger partial charge >= 0.3 is 0 Å². The van der Waals surface area contributed by atoms with Crippen molar-refractivity contribution in [2.45, 2.75) is 28.0 Å². The minimum absolute atomic E-state index is 0.0870. The number of nitrogens with zero attached hydrogens (tertiary/aromatic N) is 3. The zero-order chi connectivity index (χ0) is 28.4. The molecule has 4 aromatic rings. The number of piperidine rings is 1. The van der Waals surface area contributed by atoms with Crippen molar-refractivity contribution in [2.75, 3.05) is 31.1 Å². The van der Waals surface area contributed by atoms with Crippen LogP contribution in [0.25, 0.3) is 6.08 Å². The molecule has 2 aliphatic rings. The highest BCUT2D eigenvalue weighted by Crippen LogP contribution is 2.49. The number of aromatic nitrogens is 1. The minimum atomic E-state index is -0.258. The van der Waals surface area contributed by atoms with Crippen LogP contribution >= 0.6 is 23.4 Å². The standard InChI is InChI=1S/C33H28ClF2N3OS/c34-31-20-24(13-16-37-31)32(40)39-22-33(14-18-38(19-15-33)17-1-2-23-3-5-25(35)6-4-23)29-21-28(11-12-30(29)39)41-27-9-7-26(36)8-10-27/h1-13,16,20-21H,14-15,17-19,22H2. The Balaban J connectivity index is 1.24. The van der Waals surface area contributed by atoms with Crippen molar-refractivity contribution in [1.29, 1.82) is 0 Å². The Bertz CT molecular complexity index is 1590. The number of carbonyl (C=O) groups excluding carboxylic acids is 1. The first-order chi connectivity index (χ1) is 19.9. The molecule has 8 heteroatoms. The fraction of sp³-hybridized carbons (Fsp3) is 0.212. The summed E-state index contributed by atoms with van der Waals surface area (Å²) < 4.78 is 26.7. The first-order valence-electron chi connectivity index (χ1n) is 13.5. The number of hydrogen-bond acceptors (Lipinski definition) is 4. The number of rotatable bonds is 6. The van der Waals surface area contributed by atoms with E-state index < -0.39 is 0 Å². The molecular weight excluding hydrogens is 560 g/mol. The fourth-order valence-corrected chi connectivity index (χ4v) is 6.76. The van der Waals surface area contributed by atoms with Crippen molar-refractivity contribution >= 4 is 41.0 Å². The lowest BCUT2D eigenvalue weighted by molar-refractivity contribution is 0.0977. The first kappa shape index (κ1) is 27.6. The van der Waals surface area contributed by atoms with Gasteiger partial charge in [-0.05, 0) is 104 Å². The zero-order valence-corrected chi connectivity index (χ0v) is 23.8. The molecule has 208 valence electrons. The van der Waals surface area contributed by atoms with Gasteiger partial charge in [-0.3, -0.25) is 9.69 Å². The van der Waals surface area contributed by atoms with Gasteiger partial charge in [-0.1, -0.05) is 47.6 Å². The predicted molar refractivity (Wildman–Crippen MR) is 161 cm³/mol. The maximum Gasteiger partial charge on any atom is 0.258 e. The molecule has 1 saturated heterocycles. The number of carbonyl (C=O) groups is 1. The molecule has 41 heavy (non-hydrogen) atoms. The molecule has 1 amide bonds. The molecule has 0 bridgehead atoms. The van der Waals surface area contributed by atoms with Gasteiger partial charge in [0.15, 0.2) is 0 Å². The molecule has 6 rings (SSSR count). The Kier molecular flexibility index (Phi) is 7.93. The fourth-order valence-electron chi connectivity index (χ4n) is 5.73. The van der Waals surface area contributed by atoms with Gasteiger partial charge in [0.2, 0.25) is 0 Å². The highest BCUT2D eigenvalue weighted by atomic mass is 35.5. The number of benzene rings is 3. The number of hydrogen-bond donors (Lipinski definition) is 0. The van der Waals surface area contributed by atoms with Gasteiger partial charge in [-0.2, -0.15) is 0 Å². The average Bonchev–Trinajstić information content (AvgIpc) is 3.29. The second kappa shape index (κ2) is 11.8. The molecule has 0 atom stereocenters. The van der Waals surface area contributed by atoms with Crippen LogP contribution in [0.4, 0.5) is 14.5 Å². The van der Waals surface area contributed by atoms with Crippen molar-refractivity contribution in [2.24, 2.45) is 0 Å². The molecule has 3 aromatic carbocycles. The van der Waals surface area contributed by atoms with E-state index in [-0.39, 0.29) is 28.1 Å². The Morgan fingerprint density at radius 2 is 1.61 bits per heavy atom. The third-order valence-corrected chi connectivity index (χ3v) is 9.12. The van der Waals surface area contributed by atoms with Gasteiger partial charge in [0, 0.05) is 45.7 Å². The van der Waals surface area contributed by atoms with E-state index >= 15 is 0 Å². The van der Waals surface area contributed by atoms with Gasteiger partial charge in [-0.15, -0.1) is 0 Å². The average molecular weight is 588 g/mol. The van der Waals surface area contributed by atoms with E-state index in [1.807, 2.05) is 23.1 Å². The summed E-state index contributed by atoms with van der Waals surface area (Å²) in [5, 5.41) is 0.290. The van der Waals surface area contributed by atoms with Crippen LogP contribution in [0, 0.1) is 11.6 Å². The zero-order valence-electron chi connectivity index (χ0n) is 22.3. The van der Waals surface area contributed by atoms with E-state index in [1.54, 1.807) is 54.4 Å². The van der Waals surface area contributed by atoms with Gasteiger partial charge in [-0.25, -0.2) is 13.8 Å². The maximum atomic E-state index is 13.7. The van der Waals surface area contributed by atoms with Gasteiger partial charge in [0.25, 0.3) is 5.91 Å². The van der Waals surface area contributed by atoms with E-state index in [1.165, 1.54) is 29.8 Å². The Morgan fingerprint density at radius 1 is 0.927 bits per heavy atom. The molecule has 0 aliphatic carbocycles. The van der Waals surface area contributed by atoms with E-state index in [0.717, 1.165) is 53.5 Å². The van der Waals surface area contributed by atoms with Crippen LogP contribution in [-0.2, 0) is 5.41 Å². The summed E-state index contributed by atoms with van der Waals surface area (Å²) >= 11 is 7.70. The summed E-state index contributed by atoms with van der Waals surface area (Å²) in [5.41, 5.74) is 3.43. The van der Waals surface area contributed by atoms with Crippen LogP contribution in [0.5, 0.6) is 0 Å². The van der Waals surface area contributed by atoms with Gasteiger partial charge in [0.1, 0.15) is 16.8 Å². The molecule has 4 nitrogen and oxygen atoms in total. The predicted octanol–water partition coefficient (Wildman–Crippen LogP) is 7.87. The van der Waals surface area contributed by atoms with Crippen LogP contribution < -0.4 is 4.90 Å². The van der Waals surface area contributed by atoms with Crippen LogP contribution in [-0.4, -0.2) is 42.0 Å². The monoisotopic (exact) mass is 587 g/mol. The lowest BCUT2D eigenvalue weighted by atomic mass is 9.74. The van der Waals surface area contributed by atoms with Crippen LogP contribution in [0.2, 0.25) is 5.15 Å². The van der Waals surface area contributed by atoms with Crippen LogP contribution in [0.1, 0.15) is 34.3 Å². The summed E-state index contributed by atoms with van der Waals surface area (Å²) in [6, 6.07) is 22.6. The normalized spacial score (nSPS) is 16.4. The van der Waals surface area contributed by atoms with Gasteiger partial charge in [0.05, 0.1) is 0 Å². The summed E-state index contributed by atoms with van der Waals surface area (Å²) in [4.78, 5) is 24.1. The second-order valence-electron chi connectivity index (χ2n) is 10.5. The Morgan fingerprint density at radius 3 is 2.32 bits per heavy atom. The number of amides is 1. The molecule has 0 radical (unpaired) electrons. The van der Waals surface area contributed by atoms with Crippen molar-refractivity contribution < 1.29 is 13.6 Å². The smallest absolute Gasteiger partial charge is 0.258 e. The highest BCUT2D eigenvalue weighted by Gasteiger charge is 2.46. The van der Waals surface area contributed by atoms with Crippen molar-refractivity contribution in [3.63, 3.8) is 0 Å². The molecule has 1 aromatic heterocycles. The van der Waals surface area contributed by atoms with E-state index in [4.69, 9.17) is 11.6 Å². The molecular formula is C33H28ClF2N3OS. The number of anilines is 1. The van der Waals surface area contributed by atoms with Crippen LogP contribution in [0.3, 0.4) is 0 Å². The number of halogens is 3. The lowest BCUT2D eigenvalue weighted by Crippen LogP contribution is -2.46. The summed E-state index contributed by atoms with van der Waals surface area (Å²) in [6.07, 6.45) is 7.52. The summed E-state index contributed by atoms with van der Waals surface area (Å²) in [7, 11) is 0. The highest BCUT2D eigenvalue weighted by molar-refractivity contribution is 7.99. The summed E-state index contributed by atoms with van der Waals surface area (Å²) in [6.45, 7) is 3.20. The van der Waals surface area contributed by atoms with Crippen LogP contribution in [0.15, 0.2) is 101 Å². The molecule has 0 N–H and O–H groups in total. The SMILES string of the molecule is O=C(c1ccnc(Cl)c1)N1CC2(CCN(CC=Cc3ccc(F)cc3)CC2)c2cc(Sc3ccc(F)cc3)ccc21.